The molecule has 0 spiro atoms. The van der Waals surface area contributed by atoms with Gasteiger partial charge in [-0.15, -0.1) is 0 Å². The molecule has 0 aromatic heterocycles. The Bertz CT molecular complexity index is 633. The number of nitriles is 1. The molecule has 0 amide bonds. The van der Waals surface area contributed by atoms with Gasteiger partial charge < -0.3 is 4.74 Å². The molecule has 0 atom stereocenters. The molecule has 0 radical (unpaired) electrons. The quantitative estimate of drug-likeness (QED) is 0.405. The van der Waals surface area contributed by atoms with Crippen LogP contribution in [0.2, 0.25) is 0 Å². The number of hydrogen-bond acceptors (Lipinski definition) is 4. The highest BCUT2D eigenvalue weighted by atomic mass is 32.2. The minimum Gasteiger partial charge on any atom is -0.489 e. The molecule has 2 rings (SSSR count). The van der Waals surface area contributed by atoms with Crippen LogP contribution in [0.15, 0.2) is 59.6 Å². The van der Waals surface area contributed by atoms with Crippen LogP contribution >= 0.6 is 11.8 Å². The first-order valence-electron chi connectivity index (χ1n) is 6.36. The number of benzene rings is 2. The van der Waals surface area contributed by atoms with Crippen LogP contribution in [0.5, 0.6) is 5.75 Å². The number of aliphatic imine (C=N–C) groups is 1. The number of rotatable bonds is 4. The van der Waals surface area contributed by atoms with Crippen molar-refractivity contribution < 1.29 is 4.74 Å². The maximum atomic E-state index is 8.60. The molecule has 106 valence electrons. The maximum absolute atomic E-state index is 8.60. The molecule has 1 N–H and O–H groups in total. The van der Waals surface area contributed by atoms with E-state index in [4.69, 9.17) is 10.00 Å². The number of para-hydroxylation sites is 1. The van der Waals surface area contributed by atoms with E-state index < -0.39 is 0 Å². The summed E-state index contributed by atoms with van der Waals surface area (Å²) < 4.78 is 5.68. The van der Waals surface area contributed by atoms with Crippen molar-refractivity contribution in [3.8, 4) is 11.9 Å². The van der Waals surface area contributed by atoms with Crippen molar-refractivity contribution in [2.75, 3.05) is 6.26 Å². The number of nitrogens with zero attached hydrogens (tertiary/aromatic N) is 2. The van der Waals surface area contributed by atoms with Crippen LogP contribution < -0.4 is 10.1 Å². The highest BCUT2D eigenvalue weighted by molar-refractivity contribution is 8.13. The number of hydrogen-bond donors (Lipinski definition) is 1. The maximum Gasteiger partial charge on any atom is 0.183 e. The number of ether oxygens (including phenoxy) is 1. The molecule has 21 heavy (non-hydrogen) atoms. The summed E-state index contributed by atoms with van der Waals surface area (Å²) >= 11 is 1.39. The standard InChI is InChI=1S/C16H15N3OS/c1-21-16(18-12-17)19-14-9-7-13(8-10-14)11-20-15-5-3-2-4-6-15/h2-10H,11H2,1H3,(H,18,19). The van der Waals surface area contributed by atoms with Crippen molar-refractivity contribution in [1.29, 1.82) is 5.26 Å². The zero-order valence-electron chi connectivity index (χ0n) is 11.6. The molecule has 0 bridgehead atoms. The van der Waals surface area contributed by atoms with Crippen molar-refractivity contribution >= 4 is 22.6 Å². The van der Waals surface area contributed by atoms with Gasteiger partial charge in [0.15, 0.2) is 11.4 Å². The molecule has 5 heteroatoms. The first-order valence-corrected chi connectivity index (χ1v) is 7.59. The van der Waals surface area contributed by atoms with E-state index in [1.165, 1.54) is 11.8 Å². The van der Waals surface area contributed by atoms with E-state index in [1.54, 1.807) is 0 Å². The van der Waals surface area contributed by atoms with Gasteiger partial charge in [0.25, 0.3) is 0 Å². The second-order valence-corrected chi connectivity index (χ2v) is 4.92. The molecule has 0 saturated heterocycles. The molecule has 0 aliphatic carbocycles. The van der Waals surface area contributed by atoms with Crippen LogP contribution in [0.1, 0.15) is 5.56 Å². The minimum absolute atomic E-state index is 0.514. The van der Waals surface area contributed by atoms with Crippen LogP contribution in [-0.4, -0.2) is 11.4 Å². The van der Waals surface area contributed by atoms with Crippen LogP contribution in [0.4, 0.5) is 5.69 Å². The van der Waals surface area contributed by atoms with Crippen molar-refractivity contribution in [2.24, 2.45) is 4.99 Å². The minimum atomic E-state index is 0.514. The summed E-state index contributed by atoms with van der Waals surface area (Å²) in [5, 5.41) is 11.7. The first-order chi connectivity index (χ1) is 10.3. The van der Waals surface area contributed by atoms with Gasteiger partial charge in [-0.25, -0.2) is 4.99 Å². The molecule has 0 heterocycles. The summed E-state index contributed by atoms with van der Waals surface area (Å²) in [4.78, 5) is 4.33. The summed E-state index contributed by atoms with van der Waals surface area (Å²) in [5.41, 5.74) is 1.86. The van der Waals surface area contributed by atoms with Gasteiger partial charge in [-0.1, -0.05) is 42.1 Å². The lowest BCUT2D eigenvalue weighted by Crippen LogP contribution is -2.12. The molecule has 0 aliphatic heterocycles. The van der Waals surface area contributed by atoms with Gasteiger partial charge in [-0.2, -0.15) is 5.26 Å². The fourth-order valence-corrected chi connectivity index (χ4v) is 1.98. The molecule has 0 saturated carbocycles. The number of amidine groups is 1. The molecular weight excluding hydrogens is 282 g/mol. The molecule has 0 fully saturated rings. The van der Waals surface area contributed by atoms with E-state index >= 15 is 0 Å². The smallest absolute Gasteiger partial charge is 0.183 e. The monoisotopic (exact) mass is 297 g/mol. The highest BCUT2D eigenvalue weighted by Gasteiger charge is 1.98. The Morgan fingerprint density at radius 1 is 1.19 bits per heavy atom. The van der Waals surface area contributed by atoms with Crippen molar-refractivity contribution in [2.45, 2.75) is 6.61 Å². The Balaban J connectivity index is 1.97. The van der Waals surface area contributed by atoms with Gasteiger partial charge in [-0.05, 0) is 36.1 Å². The predicted octanol–water partition coefficient (Wildman–Crippen LogP) is 3.69. The lowest BCUT2D eigenvalue weighted by molar-refractivity contribution is 0.306. The summed E-state index contributed by atoms with van der Waals surface area (Å²) in [5.74, 6) is 0.850. The molecule has 2 aromatic rings. The third kappa shape index (κ3) is 4.86. The van der Waals surface area contributed by atoms with E-state index in [9.17, 15) is 0 Å². The average Bonchev–Trinajstić information content (AvgIpc) is 2.54. The molecule has 0 unspecified atom stereocenters. The molecular formula is C16H15N3OS. The fourth-order valence-electron chi connectivity index (χ4n) is 1.64. The third-order valence-corrected chi connectivity index (χ3v) is 3.25. The first kappa shape index (κ1) is 14.9. The van der Waals surface area contributed by atoms with Crippen LogP contribution in [0.3, 0.4) is 0 Å². The summed E-state index contributed by atoms with van der Waals surface area (Å²) in [6.45, 7) is 0.514. The molecule has 0 aliphatic rings. The predicted molar refractivity (Wildman–Crippen MR) is 86.6 cm³/mol. The zero-order valence-corrected chi connectivity index (χ0v) is 12.4. The van der Waals surface area contributed by atoms with E-state index in [0.717, 1.165) is 17.0 Å². The molecule has 4 nitrogen and oxygen atoms in total. The van der Waals surface area contributed by atoms with Gasteiger partial charge >= 0.3 is 0 Å². The lowest BCUT2D eigenvalue weighted by atomic mass is 10.2. The Hall–Kier alpha value is -2.45. The molecule has 2 aromatic carbocycles. The van der Waals surface area contributed by atoms with Crippen molar-refractivity contribution in [3.05, 3.63) is 60.2 Å². The average molecular weight is 297 g/mol. The van der Waals surface area contributed by atoms with Crippen LogP contribution in [0.25, 0.3) is 0 Å². The fraction of sp³-hybridized carbons (Fsp3) is 0.125. The number of nitrogens with one attached hydrogen (secondary N) is 1. The van der Waals surface area contributed by atoms with Gasteiger partial charge in [-0.3, -0.25) is 5.32 Å². The summed E-state index contributed by atoms with van der Waals surface area (Å²) in [6.07, 6.45) is 3.73. The van der Waals surface area contributed by atoms with E-state index in [2.05, 4.69) is 10.3 Å². The Labute approximate surface area is 128 Å². The number of thioether (sulfide) groups is 1. The van der Waals surface area contributed by atoms with E-state index in [-0.39, 0.29) is 0 Å². The Morgan fingerprint density at radius 3 is 2.52 bits per heavy atom. The second kappa shape index (κ2) is 7.98. The zero-order chi connectivity index (χ0) is 14.9. The van der Waals surface area contributed by atoms with E-state index in [0.29, 0.717) is 11.8 Å². The third-order valence-electron chi connectivity index (χ3n) is 2.67. The van der Waals surface area contributed by atoms with Gasteiger partial charge in [0.2, 0.25) is 0 Å². The SMILES string of the molecule is CSC(=Nc1ccc(COc2ccccc2)cc1)NC#N. The van der Waals surface area contributed by atoms with Gasteiger partial charge in [0, 0.05) is 0 Å². The summed E-state index contributed by atoms with van der Waals surface area (Å²) in [7, 11) is 0. The topological polar surface area (TPSA) is 57.4 Å². The van der Waals surface area contributed by atoms with Crippen molar-refractivity contribution in [1.82, 2.24) is 5.32 Å². The van der Waals surface area contributed by atoms with Crippen LogP contribution in [0, 0.1) is 11.5 Å². The van der Waals surface area contributed by atoms with Crippen LogP contribution in [-0.2, 0) is 6.61 Å². The second-order valence-electron chi connectivity index (χ2n) is 4.13. The Kier molecular flexibility index (Phi) is 5.68. The van der Waals surface area contributed by atoms with E-state index in [1.807, 2.05) is 67.0 Å². The Morgan fingerprint density at radius 2 is 1.90 bits per heavy atom. The van der Waals surface area contributed by atoms with Crippen molar-refractivity contribution in [3.63, 3.8) is 0 Å². The lowest BCUT2D eigenvalue weighted by Gasteiger charge is -2.06. The largest absolute Gasteiger partial charge is 0.489 e. The highest BCUT2D eigenvalue weighted by Crippen LogP contribution is 2.17. The summed E-state index contributed by atoms with van der Waals surface area (Å²) in [6, 6.07) is 17.4. The van der Waals surface area contributed by atoms with Gasteiger partial charge in [0.1, 0.15) is 12.4 Å². The normalized spacial score (nSPS) is 10.8. The van der Waals surface area contributed by atoms with Gasteiger partial charge in [0.05, 0.1) is 5.69 Å².